The minimum absolute atomic E-state index is 0.136. The van der Waals surface area contributed by atoms with E-state index in [1.165, 1.54) is 17.8 Å². The molecule has 1 aromatic carbocycles. The van der Waals surface area contributed by atoms with E-state index in [2.05, 4.69) is 22.5 Å². The lowest BCUT2D eigenvalue weighted by Crippen LogP contribution is -2.34. The second-order valence-electron chi connectivity index (χ2n) is 5.87. The van der Waals surface area contributed by atoms with Crippen molar-refractivity contribution in [3.05, 3.63) is 53.7 Å². The molecular formula is C17H19F3N4. The number of aromatic nitrogens is 1. The van der Waals surface area contributed by atoms with Crippen LogP contribution in [0.1, 0.15) is 29.9 Å². The van der Waals surface area contributed by atoms with E-state index >= 15 is 0 Å². The highest BCUT2D eigenvalue weighted by Gasteiger charge is 2.39. The van der Waals surface area contributed by atoms with Gasteiger partial charge in [-0.25, -0.2) is 10.8 Å². The summed E-state index contributed by atoms with van der Waals surface area (Å²) in [6.07, 6.45) is -1.53. The molecule has 0 amide bonds. The van der Waals surface area contributed by atoms with E-state index < -0.39 is 11.7 Å². The summed E-state index contributed by atoms with van der Waals surface area (Å²) in [6, 6.07) is 11.5. The Hall–Kier alpha value is -2.28. The van der Waals surface area contributed by atoms with E-state index in [0.717, 1.165) is 12.8 Å². The highest BCUT2D eigenvalue weighted by molar-refractivity contribution is 5.64. The van der Waals surface area contributed by atoms with Crippen LogP contribution in [0.3, 0.4) is 0 Å². The molecule has 0 saturated carbocycles. The molecule has 1 aliphatic rings. The molecule has 1 fully saturated rings. The molecule has 0 bridgehead atoms. The van der Waals surface area contributed by atoms with Crippen LogP contribution in [0.2, 0.25) is 0 Å². The van der Waals surface area contributed by atoms with Gasteiger partial charge >= 0.3 is 6.18 Å². The van der Waals surface area contributed by atoms with E-state index in [1.807, 2.05) is 18.2 Å². The lowest BCUT2D eigenvalue weighted by molar-refractivity contribution is -0.136. The van der Waals surface area contributed by atoms with E-state index in [-0.39, 0.29) is 11.5 Å². The summed E-state index contributed by atoms with van der Waals surface area (Å²) in [5, 5.41) is 0. The molecule has 0 radical (unpaired) electrons. The first kappa shape index (κ1) is 16.6. The summed E-state index contributed by atoms with van der Waals surface area (Å²) in [5.74, 6) is 5.25. The minimum atomic E-state index is -4.51. The van der Waals surface area contributed by atoms with Crippen LogP contribution in [-0.4, -0.2) is 18.1 Å². The first-order chi connectivity index (χ1) is 11.5. The van der Waals surface area contributed by atoms with E-state index in [9.17, 15) is 13.2 Å². The number of nitrogens with zero attached hydrogens (tertiary/aromatic N) is 2. The van der Waals surface area contributed by atoms with Crippen molar-refractivity contribution in [1.82, 2.24) is 4.98 Å². The molecule has 24 heavy (non-hydrogen) atoms. The first-order valence-electron chi connectivity index (χ1n) is 7.83. The van der Waals surface area contributed by atoms with Gasteiger partial charge in [-0.3, -0.25) is 0 Å². The van der Waals surface area contributed by atoms with Crippen LogP contribution < -0.4 is 16.2 Å². The topological polar surface area (TPSA) is 54.2 Å². The van der Waals surface area contributed by atoms with Crippen molar-refractivity contribution >= 4 is 11.5 Å². The van der Waals surface area contributed by atoms with E-state index in [1.54, 1.807) is 4.90 Å². The fourth-order valence-electron chi connectivity index (χ4n) is 3.28. The lowest BCUT2D eigenvalue weighted by Gasteiger charge is -2.35. The number of nitrogens with two attached hydrogens (primary N) is 1. The molecule has 0 atom stereocenters. The number of nitrogen functional groups attached to an aromatic ring is 1. The minimum Gasteiger partial charge on any atom is -0.371 e. The van der Waals surface area contributed by atoms with Crippen LogP contribution in [0.25, 0.3) is 0 Å². The summed E-state index contributed by atoms with van der Waals surface area (Å²) < 4.78 is 40.3. The van der Waals surface area contributed by atoms with Crippen LogP contribution in [0, 0.1) is 0 Å². The van der Waals surface area contributed by atoms with E-state index in [4.69, 9.17) is 5.84 Å². The molecule has 1 saturated heterocycles. The number of nitrogens with one attached hydrogen (secondary N) is 1. The third-order valence-corrected chi connectivity index (χ3v) is 4.46. The fraction of sp³-hybridized carbons (Fsp3) is 0.353. The average Bonchev–Trinajstić information content (AvgIpc) is 2.61. The van der Waals surface area contributed by atoms with Gasteiger partial charge in [0, 0.05) is 19.3 Å². The third kappa shape index (κ3) is 3.31. The monoisotopic (exact) mass is 336 g/mol. The second kappa shape index (κ2) is 6.68. The maximum Gasteiger partial charge on any atom is 0.422 e. The zero-order valence-corrected chi connectivity index (χ0v) is 13.1. The van der Waals surface area contributed by atoms with E-state index in [0.29, 0.717) is 19.0 Å². The van der Waals surface area contributed by atoms with Crippen LogP contribution >= 0.6 is 0 Å². The normalized spacial score (nSPS) is 16.2. The number of pyridine rings is 1. The van der Waals surface area contributed by atoms with Gasteiger partial charge in [-0.2, -0.15) is 13.2 Å². The zero-order valence-electron chi connectivity index (χ0n) is 13.1. The van der Waals surface area contributed by atoms with Gasteiger partial charge in [-0.1, -0.05) is 30.3 Å². The van der Waals surface area contributed by atoms with Gasteiger partial charge in [0.1, 0.15) is 5.56 Å². The Kier molecular flexibility index (Phi) is 4.62. The molecule has 3 rings (SSSR count). The van der Waals surface area contributed by atoms with Crippen LogP contribution in [0.5, 0.6) is 0 Å². The third-order valence-electron chi connectivity index (χ3n) is 4.46. The predicted molar refractivity (Wildman–Crippen MR) is 87.7 cm³/mol. The second-order valence-corrected chi connectivity index (χ2v) is 5.87. The molecule has 2 heterocycles. The Morgan fingerprint density at radius 2 is 1.75 bits per heavy atom. The summed E-state index contributed by atoms with van der Waals surface area (Å²) in [7, 11) is 0. The first-order valence-corrected chi connectivity index (χ1v) is 7.83. The van der Waals surface area contributed by atoms with Crippen molar-refractivity contribution < 1.29 is 13.2 Å². The number of benzene rings is 1. The molecule has 2 aromatic rings. The SMILES string of the molecule is NNc1nccc(N2CCC(c3ccccc3)CC2)c1C(F)(F)F. The van der Waals surface area contributed by atoms with Crippen molar-refractivity contribution in [3.8, 4) is 0 Å². The quantitative estimate of drug-likeness (QED) is 0.662. The fourth-order valence-corrected chi connectivity index (χ4v) is 3.28. The van der Waals surface area contributed by atoms with Crippen LogP contribution in [-0.2, 0) is 6.18 Å². The molecule has 3 N–H and O–H groups in total. The number of hydrogen-bond donors (Lipinski definition) is 2. The average molecular weight is 336 g/mol. The smallest absolute Gasteiger partial charge is 0.371 e. The molecular weight excluding hydrogens is 317 g/mol. The summed E-state index contributed by atoms with van der Waals surface area (Å²) in [5.41, 5.74) is 2.64. The number of halogens is 3. The Morgan fingerprint density at radius 1 is 1.08 bits per heavy atom. The standard InChI is InChI=1S/C17H19F3N4/c18-17(19,20)15-14(6-9-22-16(15)23-21)24-10-7-13(8-11-24)12-4-2-1-3-5-12/h1-6,9,13H,7-8,10-11,21H2,(H,22,23). The summed E-state index contributed by atoms with van der Waals surface area (Å²) in [4.78, 5) is 5.47. The highest BCUT2D eigenvalue weighted by Crippen LogP contribution is 2.41. The Bertz CT molecular complexity index is 680. The van der Waals surface area contributed by atoms with Gasteiger partial charge in [0.2, 0.25) is 0 Å². The predicted octanol–water partition coefficient (Wildman–Crippen LogP) is 3.77. The maximum absolute atomic E-state index is 13.4. The number of anilines is 2. The summed E-state index contributed by atoms with van der Waals surface area (Å²) in [6.45, 7) is 1.13. The van der Waals surface area contributed by atoms with Gasteiger partial charge in [-0.15, -0.1) is 0 Å². The van der Waals surface area contributed by atoms with Crippen molar-refractivity contribution in [1.29, 1.82) is 0 Å². The van der Waals surface area contributed by atoms with Gasteiger partial charge in [-0.05, 0) is 30.4 Å². The maximum atomic E-state index is 13.4. The highest BCUT2D eigenvalue weighted by atomic mass is 19.4. The number of rotatable bonds is 3. The number of piperidine rings is 1. The zero-order chi connectivity index (χ0) is 17.2. The van der Waals surface area contributed by atoms with Crippen molar-refractivity contribution in [2.45, 2.75) is 24.9 Å². The lowest BCUT2D eigenvalue weighted by atomic mass is 9.89. The number of hydrazine groups is 1. The Balaban J connectivity index is 1.82. The summed E-state index contributed by atoms with van der Waals surface area (Å²) >= 11 is 0. The number of alkyl halides is 3. The molecule has 0 unspecified atom stereocenters. The van der Waals surface area contributed by atoms with Gasteiger partial charge in [0.05, 0.1) is 5.69 Å². The molecule has 4 nitrogen and oxygen atoms in total. The van der Waals surface area contributed by atoms with Crippen LogP contribution in [0.15, 0.2) is 42.6 Å². The largest absolute Gasteiger partial charge is 0.422 e. The van der Waals surface area contributed by atoms with Gasteiger partial charge in [0.15, 0.2) is 5.82 Å². The molecule has 1 aliphatic heterocycles. The molecule has 1 aromatic heterocycles. The molecule has 128 valence electrons. The van der Waals surface area contributed by atoms with Crippen LogP contribution in [0.4, 0.5) is 24.7 Å². The number of hydrogen-bond acceptors (Lipinski definition) is 4. The molecule has 0 aliphatic carbocycles. The van der Waals surface area contributed by atoms with Crippen molar-refractivity contribution in [3.63, 3.8) is 0 Å². The van der Waals surface area contributed by atoms with Gasteiger partial charge < -0.3 is 10.3 Å². The molecule has 7 heteroatoms. The van der Waals surface area contributed by atoms with Crippen molar-refractivity contribution in [2.75, 3.05) is 23.4 Å². The van der Waals surface area contributed by atoms with Crippen molar-refractivity contribution in [2.24, 2.45) is 5.84 Å². The molecule has 0 spiro atoms. The Labute approximate surface area is 138 Å². The Morgan fingerprint density at radius 3 is 2.33 bits per heavy atom. The van der Waals surface area contributed by atoms with Gasteiger partial charge in [0.25, 0.3) is 0 Å².